The first kappa shape index (κ1) is 14.7. The number of rotatable bonds is 5. The van der Waals surface area contributed by atoms with Gasteiger partial charge in [0.2, 0.25) is 5.95 Å². The molecule has 1 heterocycles. The standard InChI is InChI=1S/C13H14BrCl2N3/c1-2-3-7-19-8-6-17-13(19)18-10-5-4-9(14)11(15)12(10)16/h4-6,8H,2-3,7H2,1H3,(H,17,18). The average molecular weight is 363 g/mol. The molecule has 2 rings (SSSR count). The van der Waals surface area contributed by atoms with Gasteiger partial charge in [-0.1, -0.05) is 36.5 Å². The van der Waals surface area contributed by atoms with E-state index in [0.717, 1.165) is 35.5 Å². The lowest BCUT2D eigenvalue weighted by molar-refractivity contribution is 0.638. The van der Waals surface area contributed by atoms with Gasteiger partial charge in [0.1, 0.15) is 0 Å². The predicted molar refractivity (Wildman–Crippen MR) is 84.6 cm³/mol. The molecular formula is C13H14BrCl2N3. The third-order valence-electron chi connectivity index (χ3n) is 2.75. The van der Waals surface area contributed by atoms with Crippen molar-refractivity contribution in [2.75, 3.05) is 5.32 Å². The Labute approximate surface area is 131 Å². The molecule has 0 aliphatic rings. The highest BCUT2D eigenvalue weighted by Gasteiger charge is 2.10. The monoisotopic (exact) mass is 361 g/mol. The molecule has 0 amide bonds. The number of nitrogens with one attached hydrogen (secondary N) is 1. The summed E-state index contributed by atoms with van der Waals surface area (Å²) in [6, 6.07) is 3.73. The molecule has 19 heavy (non-hydrogen) atoms. The second-order valence-corrected chi connectivity index (χ2v) is 5.76. The fourth-order valence-electron chi connectivity index (χ4n) is 1.69. The van der Waals surface area contributed by atoms with Crippen LogP contribution in [0, 0.1) is 0 Å². The summed E-state index contributed by atoms with van der Waals surface area (Å²) in [5.41, 5.74) is 0.749. The number of aryl methyl sites for hydroxylation is 1. The summed E-state index contributed by atoms with van der Waals surface area (Å²) in [5.74, 6) is 0.772. The van der Waals surface area contributed by atoms with Gasteiger partial charge < -0.3 is 9.88 Å². The summed E-state index contributed by atoms with van der Waals surface area (Å²) in [6.07, 6.45) is 5.97. The molecule has 1 N–H and O–H groups in total. The number of hydrogen-bond donors (Lipinski definition) is 1. The summed E-state index contributed by atoms with van der Waals surface area (Å²) in [4.78, 5) is 4.30. The summed E-state index contributed by atoms with van der Waals surface area (Å²) >= 11 is 15.7. The van der Waals surface area contributed by atoms with Crippen LogP contribution < -0.4 is 5.32 Å². The highest BCUT2D eigenvalue weighted by atomic mass is 79.9. The van der Waals surface area contributed by atoms with Crippen LogP contribution in [-0.2, 0) is 6.54 Å². The van der Waals surface area contributed by atoms with Crippen LogP contribution in [0.25, 0.3) is 0 Å². The van der Waals surface area contributed by atoms with Gasteiger partial charge in [0, 0.05) is 23.4 Å². The van der Waals surface area contributed by atoms with Crippen molar-refractivity contribution in [3.05, 3.63) is 39.0 Å². The minimum atomic E-state index is 0.487. The zero-order valence-electron chi connectivity index (χ0n) is 10.5. The smallest absolute Gasteiger partial charge is 0.207 e. The molecule has 3 nitrogen and oxygen atoms in total. The van der Waals surface area contributed by atoms with E-state index >= 15 is 0 Å². The largest absolute Gasteiger partial charge is 0.324 e. The van der Waals surface area contributed by atoms with Crippen molar-refractivity contribution in [2.45, 2.75) is 26.3 Å². The Kier molecular flexibility index (Phi) is 5.13. The van der Waals surface area contributed by atoms with E-state index in [9.17, 15) is 0 Å². The van der Waals surface area contributed by atoms with Crippen molar-refractivity contribution in [1.29, 1.82) is 0 Å². The van der Waals surface area contributed by atoms with Crippen LogP contribution in [0.4, 0.5) is 11.6 Å². The van der Waals surface area contributed by atoms with Gasteiger partial charge in [-0.05, 0) is 34.5 Å². The van der Waals surface area contributed by atoms with E-state index in [2.05, 4.69) is 37.7 Å². The number of hydrogen-bond acceptors (Lipinski definition) is 2. The van der Waals surface area contributed by atoms with Crippen LogP contribution in [0.15, 0.2) is 29.0 Å². The van der Waals surface area contributed by atoms with Crippen molar-refractivity contribution in [3.63, 3.8) is 0 Å². The van der Waals surface area contributed by atoms with Crippen molar-refractivity contribution >= 4 is 50.8 Å². The molecule has 0 radical (unpaired) electrons. The Hall–Kier alpha value is -0.710. The molecule has 0 saturated heterocycles. The SMILES string of the molecule is CCCCn1ccnc1Nc1ccc(Br)c(Cl)c1Cl. The maximum Gasteiger partial charge on any atom is 0.207 e. The first-order valence-corrected chi connectivity index (χ1v) is 7.60. The number of unbranched alkanes of at least 4 members (excludes halogenated alkanes) is 1. The molecule has 102 valence electrons. The lowest BCUT2D eigenvalue weighted by Gasteiger charge is -2.12. The number of imidazole rings is 1. The third-order valence-corrected chi connectivity index (χ3v) is 4.52. The normalized spacial score (nSPS) is 10.7. The average Bonchev–Trinajstić information content (AvgIpc) is 2.84. The summed E-state index contributed by atoms with van der Waals surface area (Å²) in [6.45, 7) is 3.09. The number of anilines is 2. The fourth-order valence-corrected chi connectivity index (χ4v) is 2.51. The Morgan fingerprint density at radius 2 is 2.11 bits per heavy atom. The quantitative estimate of drug-likeness (QED) is 0.712. The summed E-state index contributed by atoms with van der Waals surface area (Å²) < 4.78 is 2.84. The van der Waals surface area contributed by atoms with Gasteiger partial charge in [0.05, 0.1) is 15.7 Å². The maximum atomic E-state index is 6.21. The molecule has 0 bridgehead atoms. The van der Waals surface area contributed by atoms with E-state index in [0.29, 0.717) is 10.0 Å². The summed E-state index contributed by atoms with van der Waals surface area (Å²) in [7, 11) is 0. The number of benzene rings is 1. The molecule has 6 heteroatoms. The Bertz CT molecular complexity index is 569. The van der Waals surface area contributed by atoms with E-state index in [1.165, 1.54) is 0 Å². The lowest BCUT2D eigenvalue weighted by Crippen LogP contribution is -2.03. The fraction of sp³-hybridized carbons (Fsp3) is 0.308. The minimum Gasteiger partial charge on any atom is -0.324 e. The van der Waals surface area contributed by atoms with Gasteiger partial charge in [-0.25, -0.2) is 4.98 Å². The molecule has 0 aliphatic heterocycles. The van der Waals surface area contributed by atoms with Crippen molar-refractivity contribution in [2.24, 2.45) is 0 Å². The molecule has 1 aromatic heterocycles. The van der Waals surface area contributed by atoms with Crippen molar-refractivity contribution in [1.82, 2.24) is 9.55 Å². The molecule has 0 unspecified atom stereocenters. The molecule has 0 saturated carbocycles. The second-order valence-electron chi connectivity index (χ2n) is 4.15. The molecule has 0 aliphatic carbocycles. The van der Waals surface area contributed by atoms with Gasteiger partial charge in [0.15, 0.2) is 0 Å². The number of nitrogens with zero attached hydrogens (tertiary/aromatic N) is 2. The highest BCUT2D eigenvalue weighted by Crippen LogP contribution is 2.36. The number of aromatic nitrogens is 2. The van der Waals surface area contributed by atoms with Crippen LogP contribution in [0.5, 0.6) is 0 Å². The van der Waals surface area contributed by atoms with Gasteiger partial charge in [0.25, 0.3) is 0 Å². The van der Waals surface area contributed by atoms with Gasteiger partial charge in [-0.15, -0.1) is 0 Å². The van der Waals surface area contributed by atoms with Crippen molar-refractivity contribution in [3.8, 4) is 0 Å². The third kappa shape index (κ3) is 3.44. The van der Waals surface area contributed by atoms with Gasteiger partial charge >= 0.3 is 0 Å². The molecule has 0 spiro atoms. The molecule has 1 aromatic carbocycles. The zero-order chi connectivity index (χ0) is 13.8. The molecule has 2 aromatic rings. The van der Waals surface area contributed by atoms with Crippen LogP contribution >= 0.6 is 39.1 Å². The van der Waals surface area contributed by atoms with Crippen LogP contribution in [-0.4, -0.2) is 9.55 Å². The van der Waals surface area contributed by atoms with Crippen LogP contribution in [0.2, 0.25) is 10.0 Å². The van der Waals surface area contributed by atoms with Gasteiger partial charge in [-0.3, -0.25) is 0 Å². The van der Waals surface area contributed by atoms with E-state index in [1.54, 1.807) is 6.20 Å². The van der Waals surface area contributed by atoms with E-state index in [1.807, 2.05) is 18.3 Å². The lowest BCUT2D eigenvalue weighted by atomic mass is 10.3. The van der Waals surface area contributed by atoms with Crippen molar-refractivity contribution < 1.29 is 0 Å². The van der Waals surface area contributed by atoms with E-state index < -0.39 is 0 Å². The Morgan fingerprint density at radius 1 is 1.32 bits per heavy atom. The minimum absolute atomic E-state index is 0.487. The maximum absolute atomic E-state index is 6.21. The first-order chi connectivity index (χ1) is 9.13. The van der Waals surface area contributed by atoms with Crippen LogP contribution in [0.3, 0.4) is 0 Å². The Morgan fingerprint density at radius 3 is 2.84 bits per heavy atom. The van der Waals surface area contributed by atoms with Gasteiger partial charge in [-0.2, -0.15) is 0 Å². The molecule has 0 fully saturated rings. The second kappa shape index (κ2) is 6.64. The summed E-state index contributed by atoms with van der Waals surface area (Å²) in [5, 5.41) is 4.20. The van der Waals surface area contributed by atoms with E-state index in [-0.39, 0.29) is 0 Å². The molecule has 0 atom stereocenters. The predicted octanol–water partition coefficient (Wildman–Crippen LogP) is 5.50. The van der Waals surface area contributed by atoms with E-state index in [4.69, 9.17) is 23.2 Å². The highest BCUT2D eigenvalue weighted by molar-refractivity contribution is 9.10. The Balaban J connectivity index is 2.22. The first-order valence-electron chi connectivity index (χ1n) is 6.05. The number of halogens is 3. The van der Waals surface area contributed by atoms with Crippen LogP contribution in [0.1, 0.15) is 19.8 Å². The zero-order valence-corrected chi connectivity index (χ0v) is 13.6. The topological polar surface area (TPSA) is 29.9 Å². The molecular weight excluding hydrogens is 349 g/mol.